The summed E-state index contributed by atoms with van der Waals surface area (Å²) in [4.78, 5) is 9.98. The van der Waals surface area contributed by atoms with Gasteiger partial charge in [-0.2, -0.15) is 0 Å². The first kappa shape index (κ1) is 15.5. The van der Waals surface area contributed by atoms with E-state index in [1.165, 1.54) is 0 Å². The molecular formula is C19H20ClN3O. The Kier molecular flexibility index (Phi) is 4.17. The summed E-state index contributed by atoms with van der Waals surface area (Å²) in [7, 11) is 2.16. The highest BCUT2D eigenvalue weighted by Gasteiger charge is 2.18. The predicted molar refractivity (Wildman–Crippen MR) is 97.7 cm³/mol. The Bertz CT molecular complexity index is 835. The van der Waals surface area contributed by atoms with Crippen LogP contribution in [0.3, 0.4) is 0 Å². The first-order chi connectivity index (χ1) is 11.7. The Labute approximate surface area is 146 Å². The van der Waals surface area contributed by atoms with Crippen molar-refractivity contribution in [2.45, 2.75) is 18.9 Å². The summed E-state index contributed by atoms with van der Waals surface area (Å²) in [6, 6.07) is 12.1. The van der Waals surface area contributed by atoms with Crippen molar-refractivity contribution in [3.05, 3.63) is 47.6 Å². The predicted octanol–water partition coefficient (Wildman–Crippen LogP) is 4.36. The Balaban J connectivity index is 1.51. The largest absolute Gasteiger partial charge is 0.490 e. The number of H-pyrrole nitrogens is 1. The molecule has 1 N–H and O–H groups in total. The highest BCUT2D eigenvalue weighted by atomic mass is 35.5. The van der Waals surface area contributed by atoms with Crippen LogP contribution in [0, 0.1) is 0 Å². The molecule has 2 aromatic heterocycles. The summed E-state index contributed by atoms with van der Waals surface area (Å²) < 4.78 is 6.10. The van der Waals surface area contributed by atoms with Gasteiger partial charge in [-0.05, 0) is 61.9 Å². The van der Waals surface area contributed by atoms with E-state index in [9.17, 15) is 0 Å². The number of nitrogens with one attached hydrogen (secondary N) is 1. The topological polar surface area (TPSA) is 41.1 Å². The van der Waals surface area contributed by atoms with E-state index < -0.39 is 0 Å². The molecule has 0 atom stereocenters. The number of rotatable bonds is 3. The van der Waals surface area contributed by atoms with Crippen molar-refractivity contribution < 1.29 is 4.74 Å². The summed E-state index contributed by atoms with van der Waals surface area (Å²) in [5.74, 6) is 0.931. The molecule has 0 saturated carbocycles. The number of likely N-dealkylation sites (tertiary alicyclic amines) is 1. The second-order valence-electron chi connectivity index (χ2n) is 6.38. The summed E-state index contributed by atoms with van der Waals surface area (Å²) >= 11 is 6.22. The van der Waals surface area contributed by atoms with Gasteiger partial charge >= 0.3 is 0 Å². The van der Waals surface area contributed by atoms with Crippen LogP contribution in [0.4, 0.5) is 0 Å². The molecule has 3 heterocycles. The van der Waals surface area contributed by atoms with Crippen LogP contribution >= 0.6 is 11.6 Å². The molecular weight excluding hydrogens is 322 g/mol. The number of piperidine rings is 1. The van der Waals surface area contributed by atoms with Crippen molar-refractivity contribution in [2.75, 3.05) is 20.1 Å². The normalized spacial score (nSPS) is 16.6. The number of nitrogens with zero attached hydrogens (tertiary/aromatic N) is 2. The first-order valence-electron chi connectivity index (χ1n) is 8.28. The van der Waals surface area contributed by atoms with E-state index in [4.69, 9.17) is 16.3 Å². The maximum Gasteiger partial charge on any atom is 0.139 e. The fourth-order valence-corrected chi connectivity index (χ4v) is 3.36. The molecule has 0 aliphatic carbocycles. The smallest absolute Gasteiger partial charge is 0.139 e. The fraction of sp³-hybridized carbons (Fsp3) is 0.316. The minimum atomic E-state index is 0.322. The Hall–Kier alpha value is -2.04. The van der Waals surface area contributed by atoms with Gasteiger partial charge in [0, 0.05) is 30.4 Å². The van der Waals surface area contributed by atoms with Gasteiger partial charge in [0.25, 0.3) is 0 Å². The maximum absolute atomic E-state index is 6.22. The lowest BCUT2D eigenvalue weighted by Crippen LogP contribution is -2.35. The second-order valence-corrected chi connectivity index (χ2v) is 6.79. The monoisotopic (exact) mass is 341 g/mol. The second kappa shape index (κ2) is 6.46. The molecule has 0 bridgehead atoms. The lowest BCUT2D eigenvalue weighted by atomic mass is 10.1. The quantitative estimate of drug-likeness (QED) is 0.769. The van der Waals surface area contributed by atoms with Gasteiger partial charge in [0.2, 0.25) is 0 Å². The van der Waals surface area contributed by atoms with Gasteiger partial charge in [0.15, 0.2) is 0 Å². The molecule has 1 saturated heterocycles. The van der Waals surface area contributed by atoms with Crippen molar-refractivity contribution in [1.82, 2.24) is 14.9 Å². The molecule has 4 rings (SSSR count). The molecule has 1 fully saturated rings. The average Bonchev–Trinajstić information content (AvgIpc) is 3.03. The van der Waals surface area contributed by atoms with Gasteiger partial charge in [-0.1, -0.05) is 11.6 Å². The molecule has 1 aliphatic heterocycles. The molecule has 0 amide bonds. The summed E-state index contributed by atoms with van der Waals surface area (Å²) in [6.45, 7) is 2.21. The molecule has 0 radical (unpaired) electrons. The molecule has 1 aliphatic rings. The summed E-state index contributed by atoms with van der Waals surface area (Å²) in [5, 5.41) is 1.66. The van der Waals surface area contributed by atoms with Crippen LogP contribution in [0.5, 0.6) is 5.75 Å². The van der Waals surface area contributed by atoms with E-state index in [0.717, 1.165) is 54.0 Å². The standard InChI is InChI=1S/C19H20ClN3O/c1-23-10-7-15(8-11-23)24-14-4-2-13(3-5-14)18-12-16-17(20)6-9-21-19(16)22-18/h2-6,9,12,15H,7-8,10-11H2,1H3,(H,21,22). The Morgan fingerprint density at radius 2 is 1.92 bits per heavy atom. The van der Waals surface area contributed by atoms with Crippen LogP contribution in [0.1, 0.15) is 12.8 Å². The van der Waals surface area contributed by atoms with Gasteiger partial charge in [0.1, 0.15) is 17.5 Å². The van der Waals surface area contributed by atoms with E-state index >= 15 is 0 Å². The zero-order valence-corrected chi connectivity index (χ0v) is 14.4. The van der Waals surface area contributed by atoms with Crippen LogP contribution in [-0.2, 0) is 0 Å². The lowest BCUT2D eigenvalue weighted by Gasteiger charge is -2.29. The number of fused-ring (bicyclic) bond motifs is 1. The van der Waals surface area contributed by atoms with E-state index in [-0.39, 0.29) is 0 Å². The molecule has 0 unspecified atom stereocenters. The zero-order chi connectivity index (χ0) is 16.5. The lowest BCUT2D eigenvalue weighted by molar-refractivity contribution is 0.114. The molecule has 5 heteroatoms. The molecule has 0 spiro atoms. The van der Waals surface area contributed by atoms with Gasteiger partial charge in [-0.3, -0.25) is 0 Å². The number of hydrogen-bond donors (Lipinski definition) is 1. The molecule has 124 valence electrons. The van der Waals surface area contributed by atoms with Crippen molar-refractivity contribution >= 4 is 22.6 Å². The Morgan fingerprint density at radius 3 is 2.62 bits per heavy atom. The number of pyridine rings is 1. The maximum atomic E-state index is 6.22. The van der Waals surface area contributed by atoms with E-state index in [1.54, 1.807) is 12.3 Å². The number of aromatic amines is 1. The van der Waals surface area contributed by atoms with Crippen LogP contribution in [0.15, 0.2) is 42.6 Å². The van der Waals surface area contributed by atoms with Crippen LogP contribution in [0.25, 0.3) is 22.3 Å². The first-order valence-corrected chi connectivity index (χ1v) is 8.66. The van der Waals surface area contributed by atoms with Crippen molar-refractivity contribution in [3.63, 3.8) is 0 Å². The number of benzene rings is 1. The molecule has 4 nitrogen and oxygen atoms in total. The number of ether oxygens (including phenoxy) is 1. The number of halogens is 1. The SMILES string of the molecule is CN1CCC(Oc2ccc(-c3cc4c(Cl)ccnc4[nH]3)cc2)CC1. The number of aromatic nitrogens is 2. The van der Waals surface area contributed by atoms with E-state index in [1.807, 2.05) is 18.2 Å². The van der Waals surface area contributed by atoms with Gasteiger partial charge < -0.3 is 14.6 Å². The van der Waals surface area contributed by atoms with Crippen LogP contribution in [0.2, 0.25) is 5.02 Å². The molecule has 1 aromatic carbocycles. The zero-order valence-electron chi connectivity index (χ0n) is 13.6. The third-order valence-electron chi connectivity index (χ3n) is 4.61. The minimum absolute atomic E-state index is 0.322. The van der Waals surface area contributed by atoms with Crippen molar-refractivity contribution in [2.24, 2.45) is 0 Å². The van der Waals surface area contributed by atoms with E-state index in [2.05, 4.69) is 34.0 Å². The van der Waals surface area contributed by atoms with Crippen LogP contribution in [-0.4, -0.2) is 41.1 Å². The third-order valence-corrected chi connectivity index (χ3v) is 4.94. The fourth-order valence-electron chi connectivity index (χ4n) is 3.16. The average molecular weight is 342 g/mol. The molecule has 24 heavy (non-hydrogen) atoms. The molecule has 3 aromatic rings. The van der Waals surface area contributed by atoms with Gasteiger partial charge in [-0.15, -0.1) is 0 Å². The highest BCUT2D eigenvalue weighted by molar-refractivity contribution is 6.35. The van der Waals surface area contributed by atoms with Gasteiger partial charge in [-0.25, -0.2) is 4.98 Å². The Morgan fingerprint density at radius 1 is 1.17 bits per heavy atom. The minimum Gasteiger partial charge on any atom is -0.490 e. The third kappa shape index (κ3) is 3.12. The summed E-state index contributed by atoms with van der Waals surface area (Å²) in [6.07, 6.45) is 4.21. The van der Waals surface area contributed by atoms with Crippen molar-refractivity contribution in [3.8, 4) is 17.0 Å². The highest BCUT2D eigenvalue weighted by Crippen LogP contribution is 2.29. The number of hydrogen-bond acceptors (Lipinski definition) is 3. The van der Waals surface area contributed by atoms with Crippen molar-refractivity contribution in [1.29, 1.82) is 0 Å². The van der Waals surface area contributed by atoms with E-state index in [0.29, 0.717) is 11.1 Å². The summed E-state index contributed by atoms with van der Waals surface area (Å²) in [5.41, 5.74) is 2.92. The van der Waals surface area contributed by atoms with Crippen LogP contribution < -0.4 is 4.74 Å². The van der Waals surface area contributed by atoms with Gasteiger partial charge in [0.05, 0.1) is 5.02 Å².